The van der Waals surface area contributed by atoms with Gasteiger partial charge in [0, 0.05) is 38.4 Å². The monoisotopic (exact) mass is 279 g/mol. The van der Waals surface area contributed by atoms with Gasteiger partial charge < -0.3 is 10.0 Å². The minimum atomic E-state index is -0.813. The Morgan fingerprint density at radius 3 is 2.90 bits per heavy atom. The third-order valence-corrected chi connectivity index (χ3v) is 3.90. The minimum absolute atomic E-state index is 0.0457. The van der Waals surface area contributed by atoms with Crippen molar-refractivity contribution < 1.29 is 14.7 Å². The number of piperidine rings is 1. The lowest BCUT2D eigenvalue weighted by molar-refractivity contribution is -0.153. The predicted molar refractivity (Wildman–Crippen MR) is 73.0 cm³/mol. The van der Waals surface area contributed by atoms with Gasteiger partial charge in [0.2, 0.25) is 5.91 Å². The van der Waals surface area contributed by atoms with Crippen LogP contribution in [0.2, 0.25) is 0 Å². The Morgan fingerprint density at radius 2 is 2.25 bits per heavy atom. The summed E-state index contributed by atoms with van der Waals surface area (Å²) in [6.07, 6.45) is 6.14. The van der Waals surface area contributed by atoms with Crippen molar-refractivity contribution in [3.8, 4) is 0 Å². The van der Waals surface area contributed by atoms with Gasteiger partial charge in [0.25, 0.3) is 0 Å². The first-order valence-corrected chi connectivity index (χ1v) is 7.00. The van der Waals surface area contributed by atoms with E-state index in [0.717, 1.165) is 12.8 Å². The molecule has 1 atom stereocenters. The van der Waals surface area contributed by atoms with E-state index in [2.05, 4.69) is 5.10 Å². The Hall–Kier alpha value is -1.85. The molecular formula is C14H21N3O3. The number of aliphatic carboxylic acids is 1. The topological polar surface area (TPSA) is 75.4 Å². The van der Waals surface area contributed by atoms with E-state index in [1.807, 2.05) is 12.3 Å². The van der Waals surface area contributed by atoms with E-state index in [9.17, 15) is 14.7 Å². The first-order chi connectivity index (χ1) is 9.51. The van der Waals surface area contributed by atoms with Crippen molar-refractivity contribution in [3.05, 3.63) is 18.5 Å². The maximum atomic E-state index is 12.1. The van der Waals surface area contributed by atoms with Crippen LogP contribution in [-0.2, 0) is 16.1 Å². The van der Waals surface area contributed by atoms with Crippen LogP contribution in [-0.4, -0.2) is 44.8 Å². The van der Waals surface area contributed by atoms with Crippen LogP contribution in [0.25, 0.3) is 0 Å². The molecule has 0 spiro atoms. The third-order valence-electron chi connectivity index (χ3n) is 3.90. The molecule has 6 nitrogen and oxygen atoms in total. The van der Waals surface area contributed by atoms with Crippen molar-refractivity contribution in [1.82, 2.24) is 14.7 Å². The highest BCUT2D eigenvalue weighted by Gasteiger charge is 2.39. The van der Waals surface area contributed by atoms with E-state index in [0.29, 0.717) is 32.5 Å². The van der Waals surface area contributed by atoms with Gasteiger partial charge in [-0.25, -0.2) is 0 Å². The quantitative estimate of drug-likeness (QED) is 0.883. The first-order valence-electron chi connectivity index (χ1n) is 7.00. The Morgan fingerprint density at radius 1 is 1.45 bits per heavy atom. The number of carboxylic acid groups (broad SMARTS) is 1. The molecule has 1 unspecified atom stereocenters. The van der Waals surface area contributed by atoms with Crippen LogP contribution in [0.3, 0.4) is 0 Å². The molecule has 1 N–H and O–H groups in total. The summed E-state index contributed by atoms with van der Waals surface area (Å²) < 4.78 is 1.80. The highest BCUT2D eigenvalue weighted by molar-refractivity contribution is 5.79. The number of hydrogen-bond donors (Lipinski definition) is 1. The van der Waals surface area contributed by atoms with Crippen molar-refractivity contribution in [2.45, 2.75) is 39.2 Å². The number of carbonyl (C=O) groups is 2. The second-order valence-electron chi connectivity index (χ2n) is 5.66. The molecule has 0 radical (unpaired) electrons. The molecule has 1 aliphatic heterocycles. The van der Waals surface area contributed by atoms with Crippen LogP contribution < -0.4 is 0 Å². The van der Waals surface area contributed by atoms with Gasteiger partial charge in [-0.2, -0.15) is 5.10 Å². The molecule has 1 aromatic heterocycles. The van der Waals surface area contributed by atoms with Gasteiger partial charge in [0.05, 0.1) is 5.41 Å². The normalized spacial score (nSPS) is 22.8. The number of hydrogen-bond acceptors (Lipinski definition) is 3. The van der Waals surface area contributed by atoms with Crippen molar-refractivity contribution in [3.63, 3.8) is 0 Å². The Balaban J connectivity index is 1.81. The summed E-state index contributed by atoms with van der Waals surface area (Å²) in [5, 5.41) is 13.3. The van der Waals surface area contributed by atoms with E-state index >= 15 is 0 Å². The number of likely N-dealkylation sites (tertiary alicyclic amines) is 1. The number of carbonyl (C=O) groups excluding carboxylic acids is 1. The van der Waals surface area contributed by atoms with E-state index in [1.165, 1.54) is 0 Å². The van der Waals surface area contributed by atoms with E-state index in [-0.39, 0.29) is 5.91 Å². The first kappa shape index (κ1) is 14.6. The standard InChI is InChI=1S/C14H21N3O3/c1-14(13(19)20)6-3-8-16(11-14)12(18)5-2-9-17-10-4-7-15-17/h4,7,10H,2-3,5-6,8-9,11H2,1H3,(H,19,20). The average molecular weight is 279 g/mol. The number of nitrogens with zero attached hydrogens (tertiary/aromatic N) is 3. The molecule has 1 fully saturated rings. The number of aryl methyl sites for hydroxylation is 1. The molecule has 0 aliphatic carbocycles. The zero-order chi connectivity index (χ0) is 14.6. The van der Waals surface area contributed by atoms with Crippen LogP contribution in [0.5, 0.6) is 0 Å². The molecule has 0 saturated carbocycles. The molecule has 0 aromatic carbocycles. The summed E-state index contributed by atoms with van der Waals surface area (Å²) in [6.45, 7) is 3.42. The molecular weight excluding hydrogens is 258 g/mol. The summed E-state index contributed by atoms with van der Waals surface area (Å²) in [6, 6.07) is 1.85. The lowest BCUT2D eigenvalue weighted by atomic mass is 9.82. The smallest absolute Gasteiger partial charge is 0.311 e. The molecule has 2 heterocycles. The fourth-order valence-corrected chi connectivity index (χ4v) is 2.61. The molecule has 110 valence electrons. The molecule has 2 rings (SSSR count). The van der Waals surface area contributed by atoms with E-state index in [1.54, 1.807) is 22.7 Å². The molecule has 6 heteroatoms. The average Bonchev–Trinajstić information content (AvgIpc) is 2.91. The van der Waals surface area contributed by atoms with Crippen LogP contribution in [0.15, 0.2) is 18.5 Å². The van der Waals surface area contributed by atoms with Gasteiger partial charge in [-0.15, -0.1) is 0 Å². The fourth-order valence-electron chi connectivity index (χ4n) is 2.61. The van der Waals surface area contributed by atoms with E-state index < -0.39 is 11.4 Å². The molecule has 0 bridgehead atoms. The van der Waals surface area contributed by atoms with Gasteiger partial charge in [-0.3, -0.25) is 14.3 Å². The number of carboxylic acids is 1. The van der Waals surface area contributed by atoms with Gasteiger partial charge in [-0.1, -0.05) is 0 Å². The van der Waals surface area contributed by atoms with Crippen LogP contribution in [0, 0.1) is 5.41 Å². The predicted octanol–water partition coefficient (Wildman–Crippen LogP) is 1.38. The molecule has 1 aliphatic rings. The van der Waals surface area contributed by atoms with Gasteiger partial charge in [0.15, 0.2) is 0 Å². The Bertz CT molecular complexity index is 472. The SMILES string of the molecule is CC1(C(=O)O)CCCN(C(=O)CCCn2cccn2)C1. The van der Waals surface area contributed by atoms with Gasteiger partial charge in [0.1, 0.15) is 0 Å². The summed E-state index contributed by atoms with van der Waals surface area (Å²) in [5.74, 6) is -0.768. The van der Waals surface area contributed by atoms with Crippen LogP contribution in [0.4, 0.5) is 0 Å². The third kappa shape index (κ3) is 3.37. The zero-order valence-corrected chi connectivity index (χ0v) is 11.8. The number of amides is 1. The lowest BCUT2D eigenvalue weighted by Crippen LogP contribution is -2.48. The van der Waals surface area contributed by atoms with Crippen molar-refractivity contribution in [2.75, 3.05) is 13.1 Å². The zero-order valence-electron chi connectivity index (χ0n) is 11.8. The molecule has 1 saturated heterocycles. The van der Waals surface area contributed by atoms with Crippen molar-refractivity contribution in [2.24, 2.45) is 5.41 Å². The summed E-state index contributed by atoms with van der Waals surface area (Å²) in [5.41, 5.74) is -0.796. The number of aromatic nitrogens is 2. The second-order valence-corrected chi connectivity index (χ2v) is 5.66. The largest absolute Gasteiger partial charge is 0.481 e. The van der Waals surface area contributed by atoms with Crippen molar-refractivity contribution in [1.29, 1.82) is 0 Å². The Kier molecular flexibility index (Phi) is 4.42. The Labute approximate surface area is 118 Å². The van der Waals surface area contributed by atoms with Gasteiger partial charge >= 0.3 is 5.97 Å². The molecule has 20 heavy (non-hydrogen) atoms. The maximum absolute atomic E-state index is 12.1. The fraction of sp³-hybridized carbons (Fsp3) is 0.643. The maximum Gasteiger partial charge on any atom is 0.311 e. The minimum Gasteiger partial charge on any atom is -0.481 e. The lowest BCUT2D eigenvalue weighted by Gasteiger charge is -2.37. The van der Waals surface area contributed by atoms with Crippen molar-refractivity contribution >= 4 is 11.9 Å². The second kappa shape index (κ2) is 6.07. The van der Waals surface area contributed by atoms with Crippen LogP contribution >= 0.6 is 0 Å². The summed E-state index contributed by atoms with van der Waals surface area (Å²) >= 11 is 0. The van der Waals surface area contributed by atoms with Crippen LogP contribution in [0.1, 0.15) is 32.6 Å². The highest BCUT2D eigenvalue weighted by Crippen LogP contribution is 2.30. The van der Waals surface area contributed by atoms with Gasteiger partial charge in [-0.05, 0) is 32.3 Å². The molecule has 1 amide bonds. The summed E-state index contributed by atoms with van der Waals surface area (Å²) in [4.78, 5) is 25.1. The molecule has 1 aromatic rings. The summed E-state index contributed by atoms with van der Waals surface area (Å²) in [7, 11) is 0. The van der Waals surface area contributed by atoms with E-state index in [4.69, 9.17) is 0 Å². The number of rotatable bonds is 5. The highest BCUT2D eigenvalue weighted by atomic mass is 16.4.